The molecule has 0 fully saturated rings. The van der Waals surface area contributed by atoms with Crippen LogP contribution in [0.15, 0.2) is 21.3 Å². The van der Waals surface area contributed by atoms with Crippen molar-refractivity contribution in [1.82, 2.24) is 0 Å². The van der Waals surface area contributed by atoms with Gasteiger partial charge in [0.1, 0.15) is 5.76 Å². The maximum Gasteiger partial charge on any atom is 0.131 e. The quantitative estimate of drug-likeness (QED) is 0.650. The van der Waals surface area contributed by atoms with Crippen LogP contribution in [-0.2, 0) is 0 Å². The molecule has 50 valence electrons. The van der Waals surface area contributed by atoms with E-state index in [9.17, 15) is 0 Å². The van der Waals surface area contributed by atoms with Crippen molar-refractivity contribution in [3.8, 4) is 0 Å². The van der Waals surface area contributed by atoms with Crippen LogP contribution in [0.5, 0.6) is 0 Å². The number of halogens is 2. The van der Waals surface area contributed by atoms with Gasteiger partial charge >= 0.3 is 0 Å². The van der Waals surface area contributed by atoms with Crippen LogP contribution < -0.4 is 0 Å². The zero-order chi connectivity index (χ0) is 6.85. The van der Waals surface area contributed by atoms with Gasteiger partial charge in [0.05, 0.1) is 5.03 Å². The highest BCUT2D eigenvalue weighted by molar-refractivity contribution is 9.11. The Bertz CT molecular complexity index is 183. The summed E-state index contributed by atoms with van der Waals surface area (Å²) in [4.78, 5) is 0. The molecule has 0 amide bonds. The normalized spacial score (nSPS) is 20.0. The van der Waals surface area contributed by atoms with Gasteiger partial charge in [0.25, 0.3) is 0 Å². The SMILES string of the molecule is OC1=CCCC(Br)=C1Cl. The second kappa shape index (κ2) is 2.76. The first-order valence-corrected chi connectivity index (χ1v) is 3.82. The number of hydrogen-bond acceptors (Lipinski definition) is 1. The molecule has 1 aliphatic carbocycles. The number of rotatable bonds is 0. The average Bonchev–Trinajstić information content (AvgIpc) is 1.83. The summed E-state index contributed by atoms with van der Waals surface area (Å²) >= 11 is 8.87. The summed E-state index contributed by atoms with van der Waals surface area (Å²) in [5.41, 5.74) is 0. The molecule has 1 N–H and O–H groups in total. The molecule has 1 nitrogen and oxygen atoms in total. The van der Waals surface area contributed by atoms with Crippen LogP contribution in [0.25, 0.3) is 0 Å². The molecule has 0 unspecified atom stereocenters. The molecule has 0 aromatic carbocycles. The van der Waals surface area contributed by atoms with E-state index < -0.39 is 0 Å². The minimum Gasteiger partial charge on any atom is -0.507 e. The molecule has 0 aliphatic heterocycles. The lowest BCUT2D eigenvalue weighted by atomic mass is 10.2. The van der Waals surface area contributed by atoms with Gasteiger partial charge in [-0.2, -0.15) is 0 Å². The van der Waals surface area contributed by atoms with Crippen LogP contribution >= 0.6 is 27.5 Å². The topological polar surface area (TPSA) is 20.2 Å². The molecule has 1 aliphatic rings. The Morgan fingerprint density at radius 1 is 1.67 bits per heavy atom. The highest BCUT2D eigenvalue weighted by atomic mass is 79.9. The maximum atomic E-state index is 8.99. The Hall–Kier alpha value is 0.0500. The summed E-state index contributed by atoms with van der Waals surface area (Å²) in [6, 6.07) is 0. The van der Waals surface area contributed by atoms with E-state index in [1.807, 2.05) is 0 Å². The van der Waals surface area contributed by atoms with Crippen molar-refractivity contribution in [3.05, 3.63) is 21.3 Å². The van der Waals surface area contributed by atoms with Gasteiger partial charge in [0, 0.05) is 4.48 Å². The van der Waals surface area contributed by atoms with Gasteiger partial charge in [-0.3, -0.25) is 0 Å². The minimum atomic E-state index is 0.190. The number of aliphatic hydroxyl groups is 1. The predicted molar refractivity (Wildman–Crippen MR) is 41.8 cm³/mol. The molecular weight excluding hydrogens is 203 g/mol. The van der Waals surface area contributed by atoms with Crippen molar-refractivity contribution >= 4 is 27.5 Å². The van der Waals surface area contributed by atoms with E-state index in [0.717, 1.165) is 17.3 Å². The molecule has 0 bridgehead atoms. The zero-order valence-electron chi connectivity index (χ0n) is 4.69. The minimum absolute atomic E-state index is 0.190. The van der Waals surface area contributed by atoms with Crippen LogP contribution in [0.1, 0.15) is 12.8 Å². The molecule has 0 saturated heterocycles. The summed E-state index contributed by atoms with van der Waals surface area (Å²) < 4.78 is 0.893. The first kappa shape index (κ1) is 7.16. The number of allylic oxidation sites excluding steroid dienone is 3. The van der Waals surface area contributed by atoms with Gasteiger partial charge in [0.2, 0.25) is 0 Å². The lowest BCUT2D eigenvalue weighted by Crippen LogP contribution is -1.90. The van der Waals surface area contributed by atoms with Crippen LogP contribution in [0, 0.1) is 0 Å². The molecule has 0 saturated carbocycles. The highest BCUT2D eigenvalue weighted by Gasteiger charge is 2.09. The summed E-state index contributed by atoms with van der Waals surface area (Å²) in [5.74, 6) is 0.190. The average molecular weight is 209 g/mol. The van der Waals surface area contributed by atoms with E-state index in [4.69, 9.17) is 16.7 Å². The third kappa shape index (κ3) is 1.49. The van der Waals surface area contributed by atoms with Gasteiger partial charge in [-0.25, -0.2) is 0 Å². The second-order valence-corrected chi connectivity index (χ2v) is 3.18. The lowest BCUT2D eigenvalue weighted by molar-refractivity contribution is 0.423. The molecule has 0 heterocycles. The smallest absolute Gasteiger partial charge is 0.131 e. The van der Waals surface area contributed by atoms with E-state index in [1.54, 1.807) is 6.08 Å². The van der Waals surface area contributed by atoms with Crippen molar-refractivity contribution in [2.45, 2.75) is 12.8 Å². The number of aliphatic hydroxyl groups excluding tert-OH is 1. The first-order valence-electron chi connectivity index (χ1n) is 2.65. The largest absolute Gasteiger partial charge is 0.507 e. The molecule has 3 heteroatoms. The molecule has 0 radical (unpaired) electrons. The highest BCUT2D eigenvalue weighted by Crippen LogP contribution is 2.30. The fraction of sp³-hybridized carbons (Fsp3) is 0.333. The molecule has 0 atom stereocenters. The Labute approximate surface area is 67.1 Å². The summed E-state index contributed by atoms with van der Waals surface area (Å²) in [7, 11) is 0. The van der Waals surface area contributed by atoms with Crippen molar-refractivity contribution in [1.29, 1.82) is 0 Å². The van der Waals surface area contributed by atoms with Gasteiger partial charge in [0.15, 0.2) is 0 Å². The molecule has 0 aromatic heterocycles. The number of hydrogen-bond donors (Lipinski definition) is 1. The fourth-order valence-corrected chi connectivity index (χ4v) is 1.28. The van der Waals surface area contributed by atoms with E-state index in [2.05, 4.69) is 15.9 Å². The molecule has 9 heavy (non-hydrogen) atoms. The van der Waals surface area contributed by atoms with Crippen LogP contribution in [0.3, 0.4) is 0 Å². The predicted octanol–water partition coefficient (Wildman–Crippen LogP) is 3.07. The third-order valence-corrected chi connectivity index (χ3v) is 2.61. The molecule has 1 rings (SSSR count). The van der Waals surface area contributed by atoms with E-state index in [0.29, 0.717) is 5.03 Å². The monoisotopic (exact) mass is 208 g/mol. The van der Waals surface area contributed by atoms with Gasteiger partial charge < -0.3 is 5.11 Å². The summed E-state index contributed by atoms with van der Waals surface area (Å²) in [5, 5.41) is 9.43. The maximum absolute atomic E-state index is 8.99. The summed E-state index contributed by atoms with van der Waals surface area (Å²) in [6.07, 6.45) is 3.47. The molecule has 0 aromatic rings. The zero-order valence-corrected chi connectivity index (χ0v) is 7.04. The van der Waals surface area contributed by atoms with Crippen LogP contribution in [-0.4, -0.2) is 5.11 Å². The second-order valence-electron chi connectivity index (χ2n) is 1.85. The van der Waals surface area contributed by atoms with Crippen molar-refractivity contribution in [3.63, 3.8) is 0 Å². The van der Waals surface area contributed by atoms with Gasteiger partial charge in [-0.05, 0) is 18.9 Å². The standard InChI is InChI=1S/C6H6BrClO/c7-4-2-1-3-5(9)6(4)8/h3,9H,1-2H2. The Morgan fingerprint density at radius 3 is 2.78 bits per heavy atom. The van der Waals surface area contributed by atoms with Crippen LogP contribution in [0.4, 0.5) is 0 Å². The Balaban J connectivity index is 2.88. The first-order chi connectivity index (χ1) is 4.22. The van der Waals surface area contributed by atoms with Crippen LogP contribution in [0.2, 0.25) is 0 Å². The van der Waals surface area contributed by atoms with Crippen molar-refractivity contribution in [2.75, 3.05) is 0 Å². The third-order valence-electron chi connectivity index (χ3n) is 1.16. The lowest BCUT2D eigenvalue weighted by Gasteiger charge is -2.07. The van der Waals surface area contributed by atoms with E-state index in [1.165, 1.54) is 0 Å². The van der Waals surface area contributed by atoms with Crippen molar-refractivity contribution in [2.24, 2.45) is 0 Å². The Kier molecular flexibility index (Phi) is 2.19. The Morgan fingerprint density at radius 2 is 2.33 bits per heavy atom. The van der Waals surface area contributed by atoms with E-state index in [-0.39, 0.29) is 5.76 Å². The van der Waals surface area contributed by atoms with E-state index >= 15 is 0 Å². The van der Waals surface area contributed by atoms with Crippen molar-refractivity contribution < 1.29 is 5.11 Å². The molecule has 0 spiro atoms. The summed E-state index contributed by atoms with van der Waals surface area (Å²) in [6.45, 7) is 0. The van der Waals surface area contributed by atoms with Gasteiger partial charge in [-0.15, -0.1) is 0 Å². The molecular formula is C6H6BrClO. The van der Waals surface area contributed by atoms with Gasteiger partial charge in [-0.1, -0.05) is 27.5 Å². The fourth-order valence-electron chi connectivity index (χ4n) is 0.674.